The number of benzene rings is 1. The highest BCUT2D eigenvalue weighted by molar-refractivity contribution is 9.10. The molecule has 1 amide bonds. The zero-order chi connectivity index (χ0) is 16.1. The molecule has 0 aromatic heterocycles. The lowest BCUT2D eigenvalue weighted by Gasteiger charge is -2.38. The molecule has 0 radical (unpaired) electrons. The molecular weight excluding hydrogens is 346 g/mol. The van der Waals surface area contributed by atoms with Crippen molar-refractivity contribution in [3.8, 4) is 0 Å². The van der Waals surface area contributed by atoms with Crippen LogP contribution < -0.4 is 0 Å². The van der Waals surface area contributed by atoms with E-state index in [-0.39, 0.29) is 23.8 Å². The molecule has 4 nitrogen and oxygen atoms in total. The highest BCUT2D eigenvalue weighted by atomic mass is 79.9. The van der Waals surface area contributed by atoms with Crippen LogP contribution in [0.2, 0.25) is 0 Å². The number of ketones is 1. The first kappa shape index (κ1) is 17.2. The number of nitrogens with zero attached hydrogens (tertiary/aromatic N) is 1. The van der Waals surface area contributed by atoms with Crippen molar-refractivity contribution in [2.45, 2.75) is 45.2 Å². The zero-order valence-electron chi connectivity index (χ0n) is 13.0. The molecule has 0 saturated carbocycles. The van der Waals surface area contributed by atoms with Gasteiger partial charge in [0.2, 0.25) is 5.91 Å². The fraction of sp³-hybridized carbons (Fsp3) is 0.529. The van der Waals surface area contributed by atoms with Gasteiger partial charge in [0.15, 0.2) is 5.78 Å². The summed E-state index contributed by atoms with van der Waals surface area (Å²) in [5.41, 5.74) is 0.698. The Bertz CT molecular complexity index is 519. The standard InChI is InChI=1S/C17H22BrNO3/c1-12-10-22-11-13(2)19(12)17(21)5-3-4-16(20)14-6-8-15(18)9-7-14/h6-9,12-13H,3-5,10-11H2,1-2H3. The van der Waals surface area contributed by atoms with E-state index in [1.165, 1.54) is 0 Å². The molecule has 2 atom stereocenters. The van der Waals surface area contributed by atoms with Gasteiger partial charge in [-0.25, -0.2) is 0 Å². The van der Waals surface area contributed by atoms with Crippen molar-refractivity contribution >= 4 is 27.6 Å². The summed E-state index contributed by atoms with van der Waals surface area (Å²) in [5.74, 6) is 0.204. The number of carbonyl (C=O) groups is 2. The molecule has 0 bridgehead atoms. The van der Waals surface area contributed by atoms with Crippen molar-refractivity contribution in [2.75, 3.05) is 13.2 Å². The molecule has 120 valence electrons. The average Bonchev–Trinajstić information content (AvgIpc) is 2.47. The second kappa shape index (κ2) is 7.88. The Balaban J connectivity index is 1.81. The fourth-order valence-corrected chi connectivity index (χ4v) is 3.07. The van der Waals surface area contributed by atoms with Gasteiger partial charge in [0.05, 0.1) is 25.3 Å². The third kappa shape index (κ3) is 4.40. The van der Waals surface area contributed by atoms with Gasteiger partial charge in [-0.2, -0.15) is 0 Å². The first-order chi connectivity index (χ1) is 10.5. The van der Waals surface area contributed by atoms with Crippen molar-refractivity contribution in [2.24, 2.45) is 0 Å². The molecule has 1 aromatic rings. The van der Waals surface area contributed by atoms with Gasteiger partial charge in [0.25, 0.3) is 0 Å². The van der Waals surface area contributed by atoms with Crippen LogP contribution in [0, 0.1) is 0 Å². The van der Waals surface area contributed by atoms with Crippen molar-refractivity contribution in [3.63, 3.8) is 0 Å². The van der Waals surface area contributed by atoms with Crippen molar-refractivity contribution in [1.82, 2.24) is 4.90 Å². The minimum absolute atomic E-state index is 0.0865. The Morgan fingerprint density at radius 3 is 2.32 bits per heavy atom. The summed E-state index contributed by atoms with van der Waals surface area (Å²) in [7, 11) is 0. The Morgan fingerprint density at radius 1 is 1.14 bits per heavy atom. The summed E-state index contributed by atoms with van der Waals surface area (Å²) in [6.45, 7) is 5.18. The van der Waals surface area contributed by atoms with Gasteiger partial charge in [-0.05, 0) is 32.4 Å². The number of halogens is 1. The van der Waals surface area contributed by atoms with Crippen LogP contribution in [0.15, 0.2) is 28.7 Å². The SMILES string of the molecule is CC1COCC(C)N1C(=O)CCCC(=O)c1ccc(Br)cc1. The average molecular weight is 368 g/mol. The maximum Gasteiger partial charge on any atom is 0.223 e. The van der Waals surface area contributed by atoms with E-state index in [2.05, 4.69) is 15.9 Å². The first-order valence-electron chi connectivity index (χ1n) is 7.66. The van der Waals surface area contributed by atoms with E-state index >= 15 is 0 Å². The van der Waals surface area contributed by atoms with Crippen LogP contribution in [0.5, 0.6) is 0 Å². The van der Waals surface area contributed by atoms with E-state index in [1.807, 2.05) is 30.9 Å². The van der Waals surface area contributed by atoms with E-state index in [4.69, 9.17) is 4.74 Å². The molecule has 1 aliphatic heterocycles. The second-order valence-electron chi connectivity index (χ2n) is 5.82. The quantitative estimate of drug-likeness (QED) is 0.748. The largest absolute Gasteiger partial charge is 0.377 e. The molecule has 1 aliphatic rings. The summed E-state index contributed by atoms with van der Waals surface area (Å²) in [4.78, 5) is 26.3. The predicted octanol–water partition coefficient (Wildman–Crippen LogP) is 3.44. The lowest BCUT2D eigenvalue weighted by Crippen LogP contribution is -2.52. The second-order valence-corrected chi connectivity index (χ2v) is 6.74. The van der Waals surface area contributed by atoms with E-state index in [0.717, 1.165) is 4.47 Å². The lowest BCUT2D eigenvalue weighted by atomic mass is 10.0. The summed E-state index contributed by atoms with van der Waals surface area (Å²) in [6, 6.07) is 7.54. The monoisotopic (exact) mass is 367 g/mol. The van der Waals surface area contributed by atoms with Crippen LogP contribution in [-0.2, 0) is 9.53 Å². The van der Waals surface area contributed by atoms with Gasteiger partial charge < -0.3 is 9.64 Å². The minimum Gasteiger partial charge on any atom is -0.377 e. The lowest BCUT2D eigenvalue weighted by molar-refractivity contribution is -0.144. The summed E-state index contributed by atoms with van der Waals surface area (Å²) in [5, 5.41) is 0. The number of amides is 1. The van der Waals surface area contributed by atoms with Crippen LogP contribution in [0.25, 0.3) is 0 Å². The van der Waals surface area contributed by atoms with Gasteiger partial charge in [-0.3, -0.25) is 9.59 Å². The molecule has 1 aromatic carbocycles. The Kier molecular flexibility index (Phi) is 6.15. The molecule has 5 heteroatoms. The number of rotatable bonds is 5. The van der Waals surface area contributed by atoms with Gasteiger partial charge in [-0.1, -0.05) is 28.1 Å². The van der Waals surface area contributed by atoms with Crippen LogP contribution in [-0.4, -0.2) is 41.9 Å². The maximum atomic E-state index is 12.3. The van der Waals surface area contributed by atoms with E-state index < -0.39 is 0 Å². The molecule has 0 N–H and O–H groups in total. The Morgan fingerprint density at radius 2 is 1.73 bits per heavy atom. The fourth-order valence-electron chi connectivity index (χ4n) is 2.81. The Labute approximate surface area is 140 Å². The maximum absolute atomic E-state index is 12.3. The number of morpholine rings is 1. The van der Waals surface area contributed by atoms with Crippen LogP contribution >= 0.6 is 15.9 Å². The van der Waals surface area contributed by atoms with E-state index in [9.17, 15) is 9.59 Å². The minimum atomic E-state index is 0.0865. The normalized spacial score (nSPS) is 21.7. The number of ether oxygens (including phenoxy) is 1. The molecule has 0 aliphatic carbocycles. The van der Waals surface area contributed by atoms with Gasteiger partial charge >= 0.3 is 0 Å². The molecular formula is C17H22BrNO3. The van der Waals surface area contributed by atoms with Crippen molar-refractivity contribution in [3.05, 3.63) is 34.3 Å². The Hall–Kier alpha value is -1.20. The smallest absolute Gasteiger partial charge is 0.223 e. The zero-order valence-corrected chi connectivity index (χ0v) is 14.6. The molecule has 1 fully saturated rings. The first-order valence-corrected chi connectivity index (χ1v) is 8.46. The van der Waals surface area contributed by atoms with Gasteiger partial charge in [0.1, 0.15) is 0 Å². The predicted molar refractivity (Wildman–Crippen MR) is 88.9 cm³/mol. The third-order valence-corrected chi connectivity index (χ3v) is 4.45. The van der Waals surface area contributed by atoms with Crippen LogP contribution in [0.1, 0.15) is 43.5 Å². The number of hydrogen-bond donors (Lipinski definition) is 0. The van der Waals surface area contributed by atoms with Crippen LogP contribution in [0.3, 0.4) is 0 Å². The topological polar surface area (TPSA) is 46.6 Å². The summed E-state index contributed by atoms with van der Waals surface area (Å²) in [6.07, 6.45) is 1.40. The summed E-state index contributed by atoms with van der Waals surface area (Å²) < 4.78 is 6.39. The number of Topliss-reactive ketones (excluding diaryl/α,β-unsaturated/α-hetero) is 1. The number of hydrogen-bond acceptors (Lipinski definition) is 3. The van der Waals surface area contributed by atoms with Crippen LogP contribution in [0.4, 0.5) is 0 Å². The number of carbonyl (C=O) groups excluding carboxylic acids is 2. The van der Waals surface area contributed by atoms with Crippen molar-refractivity contribution in [1.29, 1.82) is 0 Å². The van der Waals surface area contributed by atoms with E-state index in [1.54, 1.807) is 12.1 Å². The third-order valence-electron chi connectivity index (χ3n) is 3.92. The molecule has 0 spiro atoms. The molecule has 2 unspecified atom stereocenters. The molecule has 22 heavy (non-hydrogen) atoms. The van der Waals surface area contributed by atoms with Gasteiger partial charge in [0, 0.05) is 22.9 Å². The summed E-state index contributed by atoms with van der Waals surface area (Å²) >= 11 is 3.35. The molecule has 2 rings (SSSR count). The highest BCUT2D eigenvalue weighted by Gasteiger charge is 2.29. The molecule has 1 heterocycles. The van der Waals surface area contributed by atoms with Gasteiger partial charge in [-0.15, -0.1) is 0 Å². The highest BCUT2D eigenvalue weighted by Crippen LogP contribution is 2.17. The van der Waals surface area contributed by atoms with E-state index in [0.29, 0.717) is 38.0 Å². The molecule has 1 saturated heterocycles. The van der Waals surface area contributed by atoms with Crippen molar-refractivity contribution < 1.29 is 14.3 Å².